The second kappa shape index (κ2) is 5.71. The summed E-state index contributed by atoms with van der Waals surface area (Å²) in [4.78, 5) is 6.49. The van der Waals surface area contributed by atoms with Crippen LogP contribution < -0.4 is 4.90 Å². The van der Waals surface area contributed by atoms with E-state index in [9.17, 15) is 0 Å². The van der Waals surface area contributed by atoms with Crippen molar-refractivity contribution >= 4 is 40.2 Å². The minimum Gasteiger partial charge on any atom is -0.365 e. The summed E-state index contributed by atoms with van der Waals surface area (Å²) in [7, 11) is 0. The summed E-state index contributed by atoms with van der Waals surface area (Å²) in [5.74, 6) is 0. The Morgan fingerprint density at radius 2 is 1.94 bits per heavy atom. The molecule has 17 heavy (non-hydrogen) atoms. The van der Waals surface area contributed by atoms with Gasteiger partial charge in [0.1, 0.15) is 9.34 Å². The van der Waals surface area contributed by atoms with Crippen LogP contribution in [0.15, 0.2) is 30.5 Å². The molecular weight excluding hydrogens is 275 g/mol. The third-order valence-corrected chi connectivity index (χ3v) is 3.78. The third kappa shape index (κ3) is 3.35. The van der Waals surface area contributed by atoms with Crippen LogP contribution in [0.4, 0.5) is 5.69 Å². The van der Waals surface area contributed by atoms with Gasteiger partial charge in [0, 0.05) is 17.3 Å². The van der Waals surface area contributed by atoms with Gasteiger partial charge in [-0.05, 0) is 31.2 Å². The van der Waals surface area contributed by atoms with E-state index in [4.69, 9.17) is 23.2 Å². The van der Waals surface area contributed by atoms with E-state index in [0.29, 0.717) is 0 Å². The van der Waals surface area contributed by atoms with Crippen molar-refractivity contribution in [1.82, 2.24) is 4.98 Å². The highest BCUT2D eigenvalue weighted by atomic mass is 35.5. The molecule has 90 valence electrons. The van der Waals surface area contributed by atoms with E-state index in [1.165, 1.54) is 11.3 Å². The Hall–Kier alpha value is -0.770. The normalized spacial score (nSPS) is 10.5. The maximum absolute atomic E-state index is 5.88. The van der Waals surface area contributed by atoms with Crippen LogP contribution in [0.1, 0.15) is 11.9 Å². The molecule has 2 rings (SSSR count). The van der Waals surface area contributed by atoms with Crippen molar-refractivity contribution in [2.45, 2.75) is 13.5 Å². The van der Waals surface area contributed by atoms with Crippen molar-refractivity contribution in [3.63, 3.8) is 0 Å². The molecule has 0 saturated carbocycles. The van der Waals surface area contributed by atoms with Crippen molar-refractivity contribution in [1.29, 1.82) is 0 Å². The summed E-state index contributed by atoms with van der Waals surface area (Å²) in [5.41, 5.74) is 1.14. The first-order chi connectivity index (χ1) is 8.19. The molecule has 1 heterocycles. The van der Waals surface area contributed by atoms with E-state index in [0.717, 1.165) is 33.1 Å². The summed E-state index contributed by atoms with van der Waals surface area (Å²) in [6.45, 7) is 3.80. The molecule has 1 aromatic heterocycles. The van der Waals surface area contributed by atoms with Gasteiger partial charge >= 0.3 is 0 Å². The molecule has 0 unspecified atom stereocenters. The fourth-order valence-corrected chi connectivity index (χ4v) is 2.66. The zero-order valence-corrected chi connectivity index (χ0v) is 11.7. The van der Waals surface area contributed by atoms with Gasteiger partial charge < -0.3 is 4.90 Å². The molecule has 0 aliphatic carbocycles. The summed E-state index contributed by atoms with van der Waals surface area (Å²) in [6.07, 6.45) is 1.69. The van der Waals surface area contributed by atoms with Crippen LogP contribution in [0.2, 0.25) is 9.36 Å². The van der Waals surface area contributed by atoms with Crippen molar-refractivity contribution in [3.05, 3.63) is 44.8 Å². The minimum atomic E-state index is 0.729. The van der Waals surface area contributed by atoms with Crippen LogP contribution in [0, 0.1) is 0 Å². The topological polar surface area (TPSA) is 16.1 Å². The van der Waals surface area contributed by atoms with Gasteiger partial charge in [-0.1, -0.05) is 23.2 Å². The fraction of sp³-hybridized carbons (Fsp3) is 0.250. The molecular formula is C12H12Cl2N2S. The maximum Gasteiger partial charge on any atom is 0.113 e. The van der Waals surface area contributed by atoms with Gasteiger partial charge in [-0.25, -0.2) is 4.98 Å². The number of anilines is 1. The van der Waals surface area contributed by atoms with E-state index in [2.05, 4.69) is 16.8 Å². The van der Waals surface area contributed by atoms with E-state index in [-0.39, 0.29) is 0 Å². The Morgan fingerprint density at radius 3 is 2.47 bits per heavy atom. The number of benzene rings is 1. The van der Waals surface area contributed by atoms with E-state index < -0.39 is 0 Å². The van der Waals surface area contributed by atoms with Gasteiger partial charge in [0.25, 0.3) is 0 Å². The van der Waals surface area contributed by atoms with E-state index >= 15 is 0 Å². The maximum atomic E-state index is 5.88. The van der Waals surface area contributed by atoms with Crippen molar-refractivity contribution in [2.75, 3.05) is 11.4 Å². The molecule has 0 saturated heterocycles. The molecule has 2 aromatic rings. The number of aromatic nitrogens is 1. The van der Waals surface area contributed by atoms with Gasteiger partial charge in [-0.3, -0.25) is 0 Å². The van der Waals surface area contributed by atoms with Gasteiger partial charge in [-0.15, -0.1) is 11.3 Å². The van der Waals surface area contributed by atoms with Gasteiger partial charge in [0.2, 0.25) is 0 Å². The molecule has 2 nitrogen and oxygen atoms in total. The van der Waals surface area contributed by atoms with Gasteiger partial charge in [-0.2, -0.15) is 0 Å². The Bertz CT molecular complexity index is 482. The lowest BCUT2D eigenvalue weighted by Gasteiger charge is -2.21. The molecule has 0 aliphatic heterocycles. The molecule has 1 aromatic carbocycles. The highest BCUT2D eigenvalue weighted by Gasteiger charge is 2.08. The predicted octanol–water partition coefficient (Wildman–Crippen LogP) is 4.48. The average molecular weight is 287 g/mol. The number of halogens is 2. The predicted molar refractivity (Wildman–Crippen MR) is 75.3 cm³/mol. The first-order valence-corrected chi connectivity index (χ1v) is 6.87. The fourth-order valence-electron chi connectivity index (χ4n) is 1.56. The second-order valence-electron chi connectivity index (χ2n) is 3.55. The smallest absolute Gasteiger partial charge is 0.113 e. The average Bonchev–Trinajstić information content (AvgIpc) is 2.73. The van der Waals surface area contributed by atoms with Gasteiger partial charge in [0.15, 0.2) is 0 Å². The molecule has 0 amide bonds. The van der Waals surface area contributed by atoms with E-state index in [1.54, 1.807) is 6.20 Å². The molecule has 0 atom stereocenters. The van der Waals surface area contributed by atoms with Crippen LogP contribution in [-0.2, 0) is 6.54 Å². The lowest BCUT2D eigenvalue weighted by atomic mass is 10.3. The molecule has 0 fully saturated rings. The lowest BCUT2D eigenvalue weighted by Crippen LogP contribution is -2.21. The van der Waals surface area contributed by atoms with Crippen LogP contribution in [0.3, 0.4) is 0 Å². The molecule has 0 bridgehead atoms. The monoisotopic (exact) mass is 286 g/mol. The van der Waals surface area contributed by atoms with Crippen LogP contribution in [-0.4, -0.2) is 11.5 Å². The standard InChI is InChI=1S/C12H12Cl2N2S/c1-2-16(8-12-15-7-11(14)17-12)10-5-3-9(13)4-6-10/h3-7H,2,8H2,1H3. The quantitative estimate of drug-likeness (QED) is 0.824. The Morgan fingerprint density at radius 1 is 1.24 bits per heavy atom. The number of nitrogens with zero attached hydrogens (tertiary/aromatic N) is 2. The summed E-state index contributed by atoms with van der Waals surface area (Å²) in [6, 6.07) is 7.82. The Labute approximate surface area is 115 Å². The van der Waals surface area contributed by atoms with Crippen molar-refractivity contribution < 1.29 is 0 Å². The molecule has 5 heteroatoms. The van der Waals surface area contributed by atoms with E-state index in [1.807, 2.05) is 24.3 Å². The molecule has 0 aliphatic rings. The van der Waals surface area contributed by atoms with Gasteiger partial charge in [0.05, 0.1) is 12.7 Å². The molecule has 0 radical (unpaired) electrons. The number of rotatable bonds is 4. The zero-order chi connectivity index (χ0) is 12.3. The Kier molecular flexibility index (Phi) is 4.26. The number of hydrogen-bond acceptors (Lipinski definition) is 3. The summed E-state index contributed by atoms with van der Waals surface area (Å²) < 4.78 is 0.729. The van der Waals surface area contributed by atoms with Crippen LogP contribution >= 0.6 is 34.5 Å². The zero-order valence-electron chi connectivity index (χ0n) is 9.36. The summed E-state index contributed by atoms with van der Waals surface area (Å²) >= 11 is 13.3. The second-order valence-corrected chi connectivity index (χ2v) is 5.73. The Balaban J connectivity index is 2.13. The first-order valence-electron chi connectivity index (χ1n) is 5.29. The SMILES string of the molecule is CCN(Cc1ncc(Cl)s1)c1ccc(Cl)cc1. The highest BCUT2D eigenvalue weighted by Crippen LogP contribution is 2.23. The number of hydrogen-bond donors (Lipinski definition) is 0. The number of thiazole rings is 1. The molecule has 0 spiro atoms. The lowest BCUT2D eigenvalue weighted by molar-refractivity contribution is 0.825. The van der Waals surface area contributed by atoms with Crippen molar-refractivity contribution in [3.8, 4) is 0 Å². The van der Waals surface area contributed by atoms with Crippen LogP contribution in [0.5, 0.6) is 0 Å². The van der Waals surface area contributed by atoms with Crippen LogP contribution in [0.25, 0.3) is 0 Å². The van der Waals surface area contributed by atoms with Crippen molar-refractivity contribution in [2.24, 2.45) is 0 Å². The third-order valence-electron chi connectivity index (χ3n) is 2.42. The highest BCUT2D eigenvalue weighted by molar-refractivity contribution is 7.15. The first kappa shape index (κ1) is 12.7. The minimum absolute atomic E-state index is 0.729. The summed E-state index contributed by atoms with van der Waals surface area (Å²) in [5, 5.41) is 1.77. The molecule has 0 N–H and O–H groups in total. The largest absolute Gasteiger partial charge is 0.365 e.